The van der Waals surface area contributed by atoms with Crippen LogP contribution in [-0.2, 0) is 34.3 Å². The highest BCUT2D eigenvalue weighted by atomic mass is 32.2. The number of nitrogens with zero attached hydrogens (tertiary/aromatic N) is 2. The van der Waals surface area contributed by atoms with Crippen LogP contribution in [0.2, 0.25) is 0 Å². The molecule has 4 rings (SSSR count). The number of anilines is 1. The highest BCUT2D eigenvalue weighted by Crippen LogP contribution is 2.21. The molecular weight excluding hydrogens is 494 g/mol. The predicted octanol–water partition coefficient (Wildman–Crippen LogP) is 1.38. The fourth-order valence-electron chi connectivity index (χ4n) is 3.71. The lowest BCUT2D eigenvalue weighted by molar-refractivity contribution is -0.111. The average molecular weight is 522 g/mol. The number of hydrogen-bond acceptors (Lipinski definition) is 7. The fourth-order valence-corrected chi connectivity index (χ4v) is 6.58. The zero-order valence-corrected chi connectivity index (χ0v) is 20.6. The number of sulfonamides is 2. The van der Waals surface area contributed by atoms with Gasteiger partial charge in [-0.05, 0) is 42.0 Å². The SMILES string of the molecule is O=C(/C=C/c1ccc(S(=O)(=O)N2CCOCC2)cc1)Nc1cccc(S(=O)(=O)N2CCOCC2)c1. The third-order valence-electron chi connectivity index (χ3n) is 5.62. The van der Waals surface area contributed by atoms with Crippen molar-refractivity contribution >= 4 is 37.7 Å². The molecule has 0 radical (unpaired) electrons. The van der Waals surface area contributed by atoms with Crippen molar-refractivity contribution in [3.8, 4) is 0 Å². The second-order valence-corrected chi connectivity index (χ2v) is 11.8. The van der Waals surface area contributed by atoms with Crippen LogP contribution in [0.1, 0.15) is 5.56 Å². The second-order valence-electron chi connectivity index (χ2n) is 7.95. The van der Waals surface area contributed by atoms with Gasteiger partial charge in [-0.15, -0.1) is 0 Å². The summed E-state index contributed by atoms with van der Waals surface area (Å²) in [5.74, 6) is -0.448. The summed E-state index contributed by atoms with van der Waals surface area (Å²) in [7, 11) is -7.26. The standard InChI is InChI=1S/C23H27N3O7S2/c27-23(24-20-2-1-3-22(18-20)35(30,31)26-12-16-33-17-13-26)9-6-19-4-7-21(8-5-19)34(28,29)25-10-14-32-15-11-25/h1-9,18H,10-17H2,(H,24,27)/b9-6+. The minimum absolute atomic E-state index is 0.0956. The molecule has 2 aromatic carbocycles. The first-order valence-corrected chi connectivity index (χ1v) is 14.0. The van der Waals surface area contributed by atoms with Gasteiger partial charge in [-0.1, -0.05) is 18.2 Å². The molecule has 0 atom stereocenters. The molecule has 2 fully saturated rings. The number of benzene rings is 2. The highest BCUT2D eigenvalue weighted by molar-refractivity contribution is 7.89. The van der Waals surface area contributed by atoms with Crippen LogP contribution in [0.5, 0.6) is 0 Å². The van der Waals surface area contributed by atoms with E-state index in [0.29, 0.717) is 50.8 Å². The van der Waals surface area contributed by atoms with Crippen molar-refractivity contribution in [1.29, 1.82) is 0 Å². The van der Waals surface area contributed by atoms with Gasteiger partial charge in [0.15, 0.2) is 0 Å². The first-order valence-electron chi connectivity index (χ1n) is 11.1. The van der Waals surface area contributed by atoms with E-state index in [4.69, 9.17) is 9.47 Å². The summed E-state index contributed by atoms with van der Waals surface area (Å²) in [5.41, 5.74) is 0.991. The maximum atomic E-state index is 12.8. The van der Waals surface area contributed by atoms with Crippen molar-refractivity contribution in [3.05, 3.63) is 60.2 Å². The average Bonchev–Trinajstić information content (AvgIpc) is 2.89. The third kappa shape index (κ3) is 6.15. The number of carbonyl (C=O) groups excluding carboxylic acids is 1. The van der Waals surface area contributed by atoms with Crippen molar-refractivity contribution in [2.24, 2.45) is 0 Å². The van der Waals surface area contributed by atoms with E-state index in [1.165, 1.54) is 39.0 Å². The number of hydrogen-bond donors (Lipinski definition) is 1. The first kappa shape index (κ1) is 25.5. The molecule has 0 aliphatic carbocycles. The zero-order chi connectivity index (χ0) is 24.9. The van der Waals surface area contributed by atoms with E-state index in [1.807, 2.05) is 0 Å². The molecule has 1 amide bonds. The van der Waals surface area contributed by atoms with Crippen LogP contribution in [0.3, 0.4) is 0 Å². The molecule has 2 aromatic rings. The Balaban J connectivity index is 1.39. The summed E-state index contributed by atoms with van der Waals surface area (Å²) < 4.78 is 64.2. The summed E-state index contributed by atoms with van der Waals surface area (Å²) in [4.78, 5) is 12.7. The van der Waals surface area contributed by atoms with Gasteiger partial charge in [0.2, 0.25) is 26.0 Å². The molecule has 2 aliphatic rings. The topological polar surface area (TPSA) is 122 Å². The quantitative estimate of drug-likeness (QED) is 0.546. The van der Waals surface area contributed by atoms with Crippen LogP contribution < -0.4 is 5.32 Å². The molecule has 10 nitrogen and oxygen atoms in total. The number of nitrogens with one attached hydrogen (secondary N) is 1. The Morgan fingerprint density at radius 3 is 1.89 bits per heavy atom. The van der Waals surface area contributed by atoms with Crippen molar-refractivity contribution in [2.45, 2.75) is 9.79 Å². The van der Waals surface area contributed by atoms with Crippen molar-refractivity contribution in [2.75, 3.05) is 57.9 Å². The number of amides is 1. The van der Waals surface area contributed by atoms with Crippen LogP contribution in [0, 0.1) is 0 Å². The highest BCUT2D eigenvalue weighted by Gasteiger charge is 2.27. The fraction of sp³-hybridized carbons (Fsp3) is 0.348. The van der Waals surface area contributed by atoms with Crippen molar-refractivity contribution < 1.29 is 31.1 Å². The number of carbonyl (C=O) groups is 1. The van der Waals surface area contributed by atoms with Crippen molar-refractivity contribution in [1.82, 2.24) is 8.61 Å². The van der Waals surface area contributed by atoms with Gasteiger partial charge in [0.05, 0.1) is 36.2 Å². The lowest BCUT2D eigenvalue weighted by atomic mass is 10.2. The van der Waals surface area contributed by atoms with Crippen LogP contribution in [0.15, 0.2) is 64.4 Å². The van der Waals surface area contributed by atoms with Gasteiger partial charge in [0.25, 0.3) is 0 Å². The van der Waals surface area contributed by atoms with E-state index in [1.54, 1.807) is 30.3 Å². The van der Waals surface area contributed by atoms with Gasteiger partial charge in [0.1, 0.15) is 0 Å². The molecule has 0 aromatic heterocycles. The van der Waals surface area contributed by atoms with Gasteiger partial charge < -0.3 is 14.8 Å². The van der Waals surface area contributed by atoms with Crippen molar-refractivity contribution in [3.63, 3.8) is 0 Å². The van der Waals surface area contributed by atoms with Crippen LogP contribution in [-0.4, -0.2) is 84.0 Å². The molecule has 2 saturated heterocycles. The second kappa shape index (κ2) is 11.0. The van der Waals surface area contributed by atoms with Gasteiger partial charge >= 0.3 is 0 Å². The Hall–Kier alpha value is -2.61. The Bertz CT molecular complexity index is 1280. The Morgan fingerprint density at radius 2 is 1.31 bits per heavy atom. The van der Waals surface area contributed by atoms with Crippen LogP contribution in [0.25, 0.3) is 6.08 Å². The number of ether oxygens (including phenoxy) is 2. The van der Waals surface area contributed by atoms with E-state index in [-0.39, 0.29) is 22.9 Å². The van der Waals surface area contributed by atoms with E-state index in [9.17, 15) is 21.6 Å². The Morgan fingerprint density at radius 1 is 0.771 bits per heavy atom. The lowest BCUT2D eigenvalue weighted by Gasteiger charge is -2.26. The van der Waals surface area contributed by atoms with Gasteiger partial charge in [-0.3, -0.25) is 4.79 Å². The maximum Gasteiger partial charge on any atom is 0.248 e. The summed E-state index contributed by atoms with van der Waals surface area (Å²) in [6.07, 6.45) is 2.85. The molecule has 0 unspecified atom stereocenters. The maximum absolute atomic E-state index is 12.8. The van der Waals surface area contributed by atoms with Crippen LogP contribution >= 0.6 is 0 Å². The third-order valence-corrected chi connectivity index (χ3v) is 9.43. The summed E-state index contributed by atoms with van der Waals surface area (Å²) >= 11 is 0. The molecule has 2 heterocycles. The largest absolute Gasteiger partial charge is 0.379 e. The van der Waals surface area contributed by atoms with E-state index < -0.39 is 26.0 Å². The predicted molar refractivity (Wildman–Crippen MR) is 130 cm³/mol. The van der Waals surface area contributed by atoms with E-state index in [2.05, 4.69) is 5.32 Å². The molecule has 12 heteroatoms. The molecule has 1 N–H and O–H groups in total. The molecule has 188 valence electrons. The van der Waals surface area contributed by atoms with E-state index >= 15 is 0 Å². The monoisotopic (exact) mass is 521 g/mol. The minimum atomic E-state index is -3.68. The molecule has 0 saturated carbocycles. The summed E-state index contributed by atoms with van der Waals surface area (Å²) in [6.45, 7) is 2.65. The summed E-state index contributed by atoms with van der Waals surface area (Å²) in [6, 6.07) is 12.3. The van der Waals surface area contributed by atoms with Crippen LogP contribution in [0.4, 0.5) is 5.69 Å². The minimum Gasteiger partial charge on any atom is -0.379 e. The smallest absolute Gasteiger partial charge is 0.248 e. The summed E-state index contributed by atoms with van der Waals surface area (Å²) in [5, 5.41) is 2.66. The Kier molecular flexibility index (Phi) is 7.99. The zero-order valence-electron chi connectivity index (χ0n) is 19.0. The molecule has 0 bridgehead atoms. The van der Waals surface area contributed by atoms with Gasteiger partial charge in [-0.25, -0.2) is 16.8 Å². The first-order chi connectivity index (χ1) is 16.8. The van der Waals surface area contributed by atoms with E-state index in [0.717, 1.165) is 0 Å². The molecular formula is C23H27N3O7S2. The molecule has 35 heavy (non-hydrogen) atoms. The lowest BCUT2D eigenvalue weighted by Crippen LogP contribution is -2.40. The number of morpholine rings is 2. The normalized spacial score (nSPS) is 18.5. The molecule has 2 aliphatic heterocycles. The van der Waals surface area contributed by atoms with Gasteiger partial charge in [-0.2, -0.15) is 8.61 Å². The van der Waals surface area contributed by atoms with Gasteiger partial charge in [0, 0.05) is 37.9 Å². The number of rotatable bonds is 7. The molecule has 0 spiro atoms. The Labute approximate surface area is 205 Å².